The van der Waals surface area contributed by atoms with Gasteiger partial charge in [-0.2, -0.15) is 0 Å². The molecule has 1 unspecified atom stereocenters. The Bertz CT molecular complexity index is 688. The number of unbranched alkanes of at least 4 members (excludes halogenated alkanes) is 19. The summed E-state index contributed by atoms with van der Waals surface area (Å²) in [5, 5.41) is 13.8. The minimum atomic E-state index is -4.54. The number of carbonyl (C=O) groups excluding carboxylic acids is 1. The lowest BCUT2D eigenvalue weighted by Crippen LogP contribution is -2.46. The van der Waals surface area contributed by atoms with E-state index in [2.05, 4.69) is 19.2 Å². The van der Waals surface area contributed by atoms with Crippen molar-refractivity contribution >= 4 is 13.7 Å². The van der Waals surface area contributed by atoms with Crippen LogP contribution in [0.5, 0.6) is 0 Å². The maximum atomic E-state index is 12.7. The molecule has 0 aromatic heterocycles. The Morgan fingerprint density at radius 2 is 1.14 bits per heavy atom. The highest BCUT2D eigenvalue weighted by atomic mass is 31.2. The van der Waals surface area contributed by atoms with Crippen LogP contribution in [0, 0.1) is 0 Å². The van der Waals surface area contributed by atoms with Crippen LogP contribution in [-0.2, 0) is 18.4 Å². The third-order valence-electron chi connectivity index (χ3n) is 8.10. The third-order valence-corrected chi connectivity index (χ3v) is 9.06. The van der Waals surface area contributed by atoms with Gasteiger partial charge < -0.3 is 28.8 Å². The van der Waals surface area contributed by atoms with Crippen LogP contribution < -0.4 is 10.2 Å². The van der Waals surface area contributed by atoms with Gasteiger partial charge in [0.1, 0.15) is 13.2 Å². The number of nitrogens with one attached hydrogen (secondary N) is 1. The highest BCUT2D eigenvalue weighted by Gasteiger charge is 2.24. The fraction of sp³-hybridized carbons (Fsp3) is 0.971. The molecular weight excluding hydrogens is 563 g/mol. The van der Waals surface area contributed by atoms with Crippen LogP contribution >= 0.6 is 7.82 Å². The third kappa shape index (κ3) is 29.9. The molecule has 0 spiro atoms. The number of hydrogen-bond acceptors (Lipinski definition) is 6. The van der Waals surface area contributed by atoms with Crippen molar-refractivity contribution < 1.29 is 32.9 Å². The molecule has 3 atom stereocenters. The van der Waals surface area contributed by atoms with Gasteiger partial charge in [-0.05, 0) is 12.8 Å². The van der Waals surface area contributed by atoms with Crippen LogP contribution in [-0.4, -0.2) is 68.5 Å². The Balaban J connectivity index is 4.51. The first-order chi connectivity index (χ1) is 20.5. The maximum Gasteiger partial charge on any atom is 0.268 e. The fourth-order valence-electron chi connectivity index (χ4n) is 5.16. The molecule has 0 radical (unpaired) electrons. The summed E-state index contributed by atoms with van der Waals surface area (Å²) in [6, 6.07) is -0.789. The number of quaternary nitrogens is 1. The van der Waals surface area contributed by atoms with Crippen molar-refractivity contribution in [3.05, 3.63) is 0 Å². The Labute approximate surface area is 266 Å². The molecule has 8 nitrogen and oxygen atoms in total. The summed E-state index contributed by atoms with van der Waals surface area (Å²) >= 11 is 0. The van der Waals surface area contributed by atoms with Crippen LogP contribution in [0.4, 0.5) is 0 Å². The van der Waals surface area contributed by atoms with Gasteiger partial charge in [-0.3, -0.25) is 9.36 Å². The molecule has 0 heterocycles. The van der Waals surface area contributed by atoms with Crippen molar-refractivity contribution in [2.75, 3.05) is 40.9 Å². The van der Waals surface area contributed by atoms with E-state index in [1.165, 1.54) is 96.3 Å². The van der Waals surface area contributed by atoms with Gasteiger partial charge in [0.05, 0.1) is 39.9 Å². The average molecular weight is 635 g/mol. The molecule has 0 aliphatic rings. The smallest absolute Gasteiger partial charge is 0.268 e. The summed E-state index contributed by atoms with van der Waals surface area (Å²) in [4.78, 5) is 25.0. The first-order valence-corrected chi connectivity index (χ1v) is 19.3. The molecule has 0 aromatic carbocycles. The summed E-state index contributed by atoms with van der Waals surface area (Å²) in [6.07, 6.45) is 25.3. The molecule has 0 aliphatic heterocycles. The topological polar surface area (TPSA) is 108 Å². The van der Waals surface area contributed by atoms with Crippen LogP contribution in [0.2, 0.25) is 0 Å². The molecule has 0 saturated carbocycles. The van der Waals surface area contributed by atoms with Crippen LogP contribution in [0.25, 0.3) is 0 Å². The van der Waals surface area contributed by atoms with Crippen LogP contribution in [0.1, 0.15) is 162 Å². The van der Waals surface area contributed by atoms with Gasteiger partial charge in [0.15, 0.2) is 0 Å². The number of likely N-dealkylation sites (N-methyl/N-ethyl adjacent to an activating group) is 1. The van der Waals surface area contributed by atoms with Crippen molar-refractivity contribution in [2.24, 2.45) is 0 Å². The van der Waals surface area contributed by atoms with Crippen molar-refractivity contribution in [1.29, 1.82) is 0 Å². The Hall–Kier alpha value is -0.500. The summed E-state index contributed by atoms with van der Waals surface area (Å²) in [6.45, 7) is 4.67. The summed E-state index contributed by atoms with van der Waals surface area (Å²) in [5.41, 5.74) is 0. The van der Waals surface area contributed by atoms with E-state index in [0.717, 1.165) is 38.5 Å². The number of carbonyl (C=O) groups is 1. The zero-order chi connectivity index (χ0) is 32.2. The van der Waals surface area contributed by atoms with E-state index in [9.17, 15) is 19.4 Å². The standard InChI is InChI=1S/C34H71N2O6P/c1-6-8-10-12-14-16-18-19-21-23-25-27-33(37)32(31-42-43(39,40)41-30-29-36(3,4)5)35-34(38)28-26-24-22-20-17-15-13-11-9-7-2/h32-33,37H,6-31H2,1-5H3,(H-,35,38,39,40)/t32-,33+/m0/s1. The number of phosphoric ester groups is 1. The molecule has 258 valence electrons. The molecule has 0 bridgehead atoms. The molecule has 0 fully saturated rings. The van der Waals surface area contributed by atoms with E-state index < -0.39 is 20.0 Å². The second-order valence-corrected chi connectivity index (χ2v) is 15.0. The zero-order valence-electron chi connectivity index (χ0n) is 28.9. The van der Waals surface area contributed by atoms with Gasteiger partial charge in [-0.25, -0.2) is 0 Å². The SMILES string of the molecule is CCCCCCCCCCCCC[C@@H](O)[C@H](COP(=O)([O-])OCC[N+](C)(C)C)NC(=O)CCCCCCCCCCCC. The molecule has 0 aromatic rings. The van der Waals surface area contributed by atoms with Crippen LogP contribution in [0.3, 0.4) is 0 Å². The van der Waals surface area contributed by atoms with Crippen molar-refractivity contribution in [1.82, 2.24) is 5.32 Å². The molecule has 0 rings (SSSR count). The van der Waals surface area contributed by atoms with E-state index in [0.29, 0.717) is 23.9 Å². The lowest BCUT2D eigenvalue weighted by molar-refractivity contribution is -0.870. The molecule has 0 aliphatic carbocycles. The van der Waals surface area contributed by atoms with E-state index in [4.69, 9.17) is 9.05 Å². The van der Waals surface area contributed by atoms with Gasteiger partial charge in [0, 0.05) is 6.42 Å². The second-order valence-electron chi connectivity index (χ2n) is 13.6. The van der Waals surface area contributed by atoms with Gasteiger partial charge in [-0.1, -0.05) is 142 Å². The van der Waals surface area contributed by atoms with Crippen molar-refractivity contribution in [3.63, 3.8) is 0 Å². The highest BCUT2D eigenvalue weighted by Crippen LogP contribution is 2.38. The number of hydrogen-bond donors (Lipinski definition) is 2. The number of aliphatic hydroxyl groups excluding tert-OH is 1. The summed E-state index contributed by atoms with van der Waals surface area (Å²) in [7, 11) is 1.31. The van der Waals surface area contributed by atoms with E-state index in [-0.39, 0.29) is 19.1 Å². The van der Waals surface area contributed by atoms with Gasteiger partial charge in [0.2, 0.25) is 5.91 Å². The largest absolute Gasteiger partial charge is 0.756 e. The normalized spacial score (nSPS) is 14.9. The van der Waals surface area contributed by atoms with E-state index >= 15 is 0 Å². The maximum absolute atomic E-state index is 12.7. The molecular formula is C34H71N2O6P. The number of rotatable bonds is 32. The van der Waals surface area contributed by atoms with Crippen molar-refractivity contribution in [3.8, 4) is 0 Å². The predicted molar refractivity (Wildman–Crippen MR) is 178 cm³/mol. The predicted octanol–water partition coefficient (Wildman–Crippen LogP) is 8.05. The molecule has 0 saturated heterocycles. The summed E-state index contributed by atoms with van der Waals surface area (Å²) < 4.78 is 23.1. The van der Waals surface area contributed by atoms with E-state index in [1.54, 1.807) is 0 Å². The molecule has 43 heavy (non-hydrogen) atoms. The highest BCUT2D eigenvalue weighted by molar-refractivity contribution is 7.45. The first kappa shape index (κ1) is 42.5. The number of aliphatic hydroxyl groups is 1. The van der Waals surface area contributed by atoms with Crippen molar-refractivity contribution in [2.45, 2.75) is 174 Å². The molecule has 2 N–H and O–H groups in total. The zero-order valence-corrected chi connectivity index (χ0v) is 29.8. The van der Waals surface area contributed by atoms with Gasteiger partial charge >= 0.3 is 0 Å². The van der Waals surface area contributed by atoms with Gasteiger partial charge in [-0.15, -0.1) is 0 Å². The first-order valence-electron chi connectivity index (χ1n) is 17.9. The lowest BCUT2D eigenvalue weighted by Gasteiger charge is -2.30. The monoisotopic (exact) mass is 635 g/mol. The summed E-state index contributed by atoms with van der Waals surface area (Å²) in [5.74, 6) is -0.169. The minimum absolute atomic E-state index is 0.0152. The fourth-order valence-corrected chi connectivity index (χ4v) is 5.88. The van der Waals surface area contributed by atoms with Gasteiger partial charge in [0.25, 0.3) is 7.82 Å². The number of amides is 1. The quantitative estimate of drug-likeness (QED) is 0.0440. The Morgan fingerprint density at radius 1 is 0.721 bits per heavy atom. The molecule has 1 amide bonds. The average Bonchev–Trinajstić information content (AvgIpc) is 2.94. The lowest BCUT2D eigenvalue weighted by atomic mass is 10.0. The minimum Gasteiger partial charge on any atom is -0.756 e. The number of nitrogens with zero attached hydrogens (tertiary/aromatic N) is 1. The Morgan fingerprint density at radius 3 is 1.58 bits per heavy atom. The number of phosphoric acid groups is 1. The second kappa shape index (κ2) is 27.8. The van der Waals surface area contributed by atoms with Crippen LogP contribution in [0.15, 0.2) is 0 Å². The van der Waals surface area contributed by atoms with E-state index in [1.807, 2.05) is 21.1 Å². The molecule has 9 heteroatoms. The Kier molecular flexibility index (Phi) is 27.5.